The predicted octanol–water partition coefficient (Wildman–Crippen LogP) is 2.86. The Balaban J connectivity index is 1.15. The fourth-order valence-corrected chi connectivity index (χ4v) is 8.16. The molecule has 8 nitrogen and oxygen atoms in total. The molecule has 2 saturated heterocycles. The molecule has 2 saturated carbocycles. The van der Waals surface area contributed by atoms with Crippen molar-refractivity contribution in [2.75, 3.05) is 32.4 Å². The lowest BCUT2D eigenvalue weighted by molar-refractivity contribution is 0.0996. The van der Waals surface area contributed by atoms with Gasteiger partial charge in [0.05, 0.1) is 23.6 Å². The van der Waals surface area contributed by atoms with Crippen LogP contribution in [0.2, 0.25) is 0 Å². The van der Waals surface area contributed by atoms with Crippen LogP contribution in [0.4, 0.5) is 0 Å². The van der Waals surface area contributed by atoms with Gasteiger partial charge < -0.3 is 10.8 Å². The maximum absolute atomic E-state index is 12.3. The quantitative estimate of drug-likeness (QED) is 0.584. The molecule has 2 aliphatic heterocycles. The predicted molar refractivity (Wildman–Crippen MR) is 146 cm³/mol. The summed E-state index contributed by atoms with van der Waals surface area (Å²) in [5, 5.41) is 9.85. The van der Waals surface area contributed by atoms with Gasteiger partial charge in [0.15, 0.2) is 0 Å². The number of fused-ring (bicyclic) bond motifs is 1. The maximum Gasteiger partial charge on any atom is 0.250 e. The van der Waals surface area contributed by atoms with Crippen LogP contribution in [0.25, 0.3) is 11.1 Å². The Morgan fingerprint density at radius 3 is 2.37 bits per heavy atom. The number of likely N-dealkylation sites (tertiary alicyclic amines) is 1. The zero-order valence-corrected chi connectivity index (χ0v) is 22.9. The van der Waals surface area contributed by atoms with Gasteiger partial charge in [0.2, 0.25) is 10.0 Å². The number of benzene rings is 1. The van der Waals surface area contributed by atoms with Crippen LogP contribution in [0.15, 0.2) is 36.5 Å². The molecule has 0 bridgehead atoms. The van der Waals surface area contributed by atoms with Crippen LogP contribution in [0.1, 0.15) is 72.5 Å². The fourth-order valence-electron chi connectivity index (χ4n) is 7.29. The molecule has 3 N–H and O–H groups in total. The highest BCUT2D eigenvalue weighted by atomic mass is 32.2. The topological polar surface area (TPSA) is 117 Å². The van der Waals surface area contributed by atoms with Gasteiger partial charge in [0.25, 0.3) is 5.91 Å². The van der Waals surface area contributed by atoms with E-state index in [0.717, 1.165) is 68.4 Å². The Hall–Kier alpha value is -2.33. The molecule has 1 amide bonds. The van der Waals surface area contributed by atoms with Gasteiger partial charge in [-0.15, -0.1) is 0 Å². The van der Waals surface area contributed by atoms with Gasteiger partial charge in [0, 0.05) is 55.3 Å². The third kappa shape index (κ3) is 4.78. The van der Waals surface area contributed by atoms with Gasteiger partial charge in [-0.3, -0.25) is 14.7 Å². The summed E-state index contributed by atoms with van der Waals surface area (Å²) in [4.78, 5) is 19.6. The monoisotopic (exact) mass is 538 g/mol. The van der Waals surface area contributed by atoms with E-state index < -0.39 is 15.9 Å². The summed E-state index contributed by atoms with van der Waals surface area (Å²) in [7, 11) is -3.10. The first kappa shape index (κ1) is 25.9. The summed E-state index contributed by atoms with van der Waals surface area (Å²) in [5.74, 6) is 0.370. The SMILES string of the molecule is CS(=O)(=O)N1CCC(N2CC3CC3(c3ccc(-c4cnc(C5CCC(O)CC5)c(C(N)=O)c4)cc3)C2)CC1. The van der Waals surface area contributed by atoms with Crippen LogP contribution < -0.4 is 5.73 Å². The Morgan fingerprint density at radius 2 is 1.74 bits per heavy atom. The van der Waals surface area contributed by atoms with Crippen molar-refractivity contribution < 1.29 is 18.3 Å². The van der Waals surface area contributed by atoms with E-state index in [-0.39, 0.29) is 17.4 Å². The van der Waals surface area contributed by atoms with E-state index in [1.807, 2.05) is 12.3 Å². The van der Waals surface area contributed by atoms with Crippen LogP contribution in [-0.4, -0.2) is 78.2 Å². The van der Waals surface area contributed by atoms with Crippen molar-refractivity contribution in [1.82, 2.24) is 14.2 Å². The number of piperidine rings is 2. The van der Waals surface area contributed by atoms with E-state index in [1.165, 1.54) is 18.2 Å². The molecule has 4 aliphatic rings. The van der Waals surface area contributed by atoms with E-state index in [9.17, 15) is 18.3 Å². The van der Waals surface area contributed by atoms with E-state index in [4.69, 9.17) is 10.7 Å². The first-order chi connectivity index (χ1) is 18.1. The number of pyridine rings is 1. The van der Waals surface area contributed by atoms with Gasteiger partial charge in [-0.25, -0.2) is 12.7 Å². The zero-order valence-electron chi connectivity index (χ0n) is 22.1. The van der Waals surface area contributed by atoms with Crippen LogP contribution in [0.5, 0.6) is 0 Å². The third-order valence-electron chi connectivity index (χ3n) is 9.64. The average Bonchev–Trinajstić information content (AvgIpc) is 3.48. The number of nitrogens with zero attached hydrogens (tertiary/aromatic N) is 3. The number of aliphatic hydroxyl groups excluding tert-OH is 1. The van der Waals surface area contributed by atoms with Crippen molar-refractivity contribution in [2.24, 2.45) is 11.7 Å². The largest absolute Gasteiger partial charge is 0.393 e. The van der Waals surface area contributed by atoms with Crippen molar-refractivity contribution in [3.8, 4) is 11.1 Å². The number of sulfonamides is 1. The molecule has 2 aliphatic carbocycles. The molecule has 1 aromatic carbocycles. The molecule has 6 rings (SSSR count). The minimum atomic E-state index is -3.10. The number of nitrogens with two attached hydrogens (primary N) is 1. The van der Waals surface area contributed by atoms with E-state index in [1.54, 1.807) is 4.31 Å². The van der Waals surface area contributed by atoms with Crippen LogP contribution in [-0.2, 0) is 15.4 Å². The van der Waals surface area contributed by atoms with Gasteiger partial charge in [-0.1, -0.05) is 24.3 Å². The van der Waals surface area contributed by atoms with Crippen LogP contribution in [0.3, 0.4) is 0 Å². The van der Waals surface area contributed by atoms with E-state index >= 15 is 0 Å². The maximum atomic E-state index is 12.3. The van der Waals surface area contributed by atoms with Crippen molar-refractivity contribution in [3.63, 3.8) is 0 Å². The zero-order chi connectivity index (χ0) is 26.7. The second-order valence-electron chi connectivity index (χ2n) is 12.0. The first-order valence-electron chi connectivity index (χ1n) is 13.9. The highest BCUT2D eigenvalue weighted by Crippen LogP contribution is 2.59. The molecule has 2 unspecified atom stereocenters. The number of rotatable bonds is 6. The summed E-state index contributed by atoms with van der Waals surface area (Å²) in [6, 6.07) is 11.1. The summed E-state index contributed by atoms with van der Waals surface area (Å²) >= 11 is 0. The van der Waals surface area contributed by atoms with Crippen molar-refractivity contribution in [3.05, 3.63) is 53.3 Å². The highest BCUT2D eigenvalue weighted by Gasteiger charge is 2.61. The number of aliphatic hydroxyl groups is 1. The second kappa shape index (κ2) is 9.70. The van der Waals surface area contributed by atoms with E-state index in [2.05, 4.69) is 29.2 Å². The summed E-state index contributed by atoms with van der Waals surface area (Å²) in [6.07, 6.45) is 9.01. The van der Waals surface area contributed by atoms with Crippen molar-refractivity contribution >= 4 is 15.9 Å². The second-order valence-corrected chi connectivity index (χ2v) is 14.0. The standard InChI is InChI=1S/C29H38N4O4S/c1-38(36,37)33-12-10-24(11-13-33)32-17-23-15-29(23,18-32)22-6-2-19(3-7-22)21-14-26(28(30)35)27(31-16-21)20-4-8-25(34)9-5-20/h2-3,6-7,14,16,20,23-25,34H,4-5,8-13,15,17-18H2,1H3,(H2,30,35). The number of carbonyl (C=O) groups excluding carboxylic acids is 1. The number of amides is 1. The Bertz CT molecular complexity index is 1310. The van der Waals surface area contributed by atoms with Gasteiger partial charge in [-0.2, -0.15) is 0 Å². The molecular weight excluding hydrogens is 500 g/mol. The normalized spacial score (nSPS) is 30.7. The number of carbonyl (C=O) groups is 1. The third-order valence-corrected chi connectivity index (χ3v) is 10.9. The Labute approximate surface area is 225 Å². The summed E-state index contributed by atoms with van der Waals surface area (Å²) < 4.78 is 25.3. The number of primary amides is 1. The molecule has 4 fully saturated rings. The van der Waals surface area contributed by atoms with Gasteiger partial charge >= 0.3 is 0 Å². The summed E-state index contributed by atoms with van der Waals surface area (Å²) in [5.41, 5.74) is 10.5. The molecular formula is C29H38N4O4S. The van der Waals surface area contributed by atoms with Crippen LogP contribution in [0, 0.1) is 5.92 Å². The minimum absolute atomic E-state index is 0.159. The minimum Gasteiger partial charge on any atom is -0.393 e. The van der Waals surface area contributed by atoms with Crippen molar-refractivity contribution in [2.45, 2.75) is 68.4 Å². The Morgan fingerprint density at radius 1 is 1.05 bits per heavy atom. The molecule has 0 radical (unpaired) electrons. The summed E-state index contributed by atoms with van der Waals surface area (Å²) in [6.45, 7) is 3.37. The molecule has 2 aromatic rings. The first-order valence-corrected chi connectivity index (χ1v) is 15.8. The Kier molecular flexibility index (Phi) is 6.61. The lowest BCUT2D eigenvalue weighted by atomic mass is 9.83. The molecule has 38 heavy (non-hydrogen) atoms. The lowest BCUT2D eigenvalue weighted by Gasteiger charge is -2.37. The molecule has 0 spiro atoms. The highest BCUT2D eigenvalue weighted by molar-refractivity contribution is 7.88. The average molecular weight is 539 g/mol. The van der Waals surface area contributed by atoms with Gasteiger partial charge in [0.1, 0.15) is 0 Å². The van der Waals surface area contributed by atoms with E-state index in [0.29, 0.717) is 30.6 Å². The van der Waals surface area contributed by atoms with Gasteiger partial charge in [-0.05, 0) is 68.1 Å². The molecule has 2 atom stereocenters. The molecule has 1 aromatic heterocycles. The number of aromatic nitrogens is 1. The lowest BCUT2D eigenvalue weighted by Crippen LogP contribution is -2.46. The fraction of sp³-hybridized carbons (Fsp3) is 0.586. The van der Waals surface area contributed by atoms with Crippen LogP contribution >= 0.6 is 0 Å². The smallest absolute Gasteiger partial charge is 0.250 e. The number of hydrogen-bond donors (Lipinski definition) is 2. The molecule has 9 heteroatoms. The number of hydrogen-bond acceptors (Lipinski definition) is 6. The van der Waals surface area contributed by atoms with Crippen molar-refractivity contribution in [1.29, 1.82) is 0 Å². The molecule has 3 heterocycles. The molecule has 204 valence electrons.